The van der Waals surface area contributed by atoms with Gasteiger partial charge in [0.05, 0.1) is 6.04 Å². The first kappa shape index (κ1) is 10.7. The van der Waals surface area contributed by atoms with E-state index >= 15 is 0 Å². The molecule has 0 amide bonds. The molecule has 1 aromatic heterocycles. The molecule has 1 aliphatic rings. The molecule has 17 heavy (non-hydrogen) atoms. The van der Waals surface area contributed by atoms with Crippen LogP contribution in [0.3, 0.4) is 0 Å². The summed E-state index contributed by atoms with van der Waals surface area (Å²) in [7, 11) is 0. The third kappa shape index (κ3) is 1.81. The summed E-state index contributed by atoms with van der Waals surface area (Å²) in [4.78, 5) is 4.32. The van der Waals surface area contributed by atoms with E-state index in [1.807, 2.05) is 18.5 Å². The van der Waals surface area contributed by atoms with Crippen LogP contribution in [0.15, 0.2) is 36.7 Å². The van der Waals surface area contributed by atoms with Crippen molar-refractivity contribution >= 4 is 10.8 Å². The minimum absolute atomic E-state index is 0.226. The molecule has 1 fully saturated rings. The zero-order valence-corrected chi connectivity index (χ0v) is 9.93. The summed E-state index contributed by atoms with van der Waals surface area (Å²) in [5, 5.41) is 2.43. The van der Waals surface area contributed by atoms with E-state index in [9.17, 15) is 0 Å². The van der Waals surface area contributed by atoms with E-state index in [2.05, 4.69) is 35.5 Å². The van der Waals surface area contributed by atoms with Gasteiger partial charge in [-0.3, -0.25) is 16.3 Å². The highest BCUT2D eigenvalue weighted by Gasteiger charge is 2.40. The molecule has 3 nitrogen and oxygen atoms in total. The Labute approximate surface area is 101 Å². The first-order chi connectivity index (χ1) is 8.31. The lowest BCUT2D eigenvalue weighted by molar-refractivity contribution is 0.478. The van der Waals surface area contributed by atoms with Crippen molar-refractivity contribution in [3.63, 3.8) is 0 Å². The number of hydrogen-bond donors (Lipinski definition) is 2. The molecule has 3 atom stereocenters. The third-order valence-corrected chi connectivity index (χ3v) is 3.81. The summed E-state index contributed by atoms with van der Waals surface area (Å²) in [6.45, 7) is 2.27. The SMILES string of the molecule is CC1CC1C(NN)c1cncc2ccccc12. The molecule has 1 heterocycles. The van der Waals surface area contributed by atoms with E-state index in [-0.39, 0.29) is 6.04 Å². The van der Waals surface area contributed by atoms with Crippen LogP contribution in [0.25, 0.3) is 10.8 Å². The second kappa shape index (κ2) is 4.09. The van der Waals surface area contributed by atoms with Gasteiger partial charge in [0.2, 0.25) is 0 Å². The Kier molecular flexibility index (Phi) is 2.57. The fraction of sp³-hybridized carbons (Fsp3) is 0.357. The van der Waals surface area contributed by atoms with Gasteiger partial charge in [0.15, 0.2) is 0 Å². The highest BCUT2D eigenvalue weighted by Crippen LogP contribution is 2.47. The second-order valence-corrected chi connectivity index (χ2v) is 4.97. The largest absolute Gasteiger partial charge is 0.271 e. The first-order valence-electron chi connectivity index (χ1n) is 6.10. The Bertz CT molecular complexity index is 532. The van der Waals surface area contributed by atoms with Gasteiger partial charge in [-0.05, 0) is 29.2 Å². The van der Waals surface area contributed by atoms with Crippen LogP contribution in [0.5, 0.6) is 0 Å². The standard InChI is InChI=1S/C14H17N3/c1-9-6-12(9)14(17-15)13-8-16-7-10-4-2-3-5-11(10)13/h2-5,7-9,12,14,17H,6,15H2,1H3. The van der Waals surface area contributed by atoms with Gasteiger partial charge in [-0.1, -0.05) is 31.2 Å². The van der Waals surface area contributed by atoms with Crippen LogP contribution in [-0.2, 0) is 0 Å². The van der Waals surface area contributed by atoms with Gasteiger partial charge in [-0.15, -0.1) is 0 Å². The van der Waals surface area contributed by atoms with E-state index in [4.69, 9.17) is 5.84 Å². The summed E-state index contributed by atoms with van der Waals surface area (Å²) in [6, 6.07) is 8.57. The van der Waals surface area contributed by atoms with Gasteiger partial charge in [0.1, 0.15) is 0 Å². The van der Waals surface area contributed by atoms with Crippen molar-refractivity contribution < 1.29 is 0 Å². The van der Waals surface area contributed by atoms with Gasteiger partial charge >= 0.3 is 0 Å². The number of hydrogen-bond acceptors (Lipinski definition) is 3. The molecule has 1 aromatic carbocycles. The quantitative estimate of drug-likeness (QED) is 0.625. The second-order valence-electron chi connectivity index (χ2n) is 4.97. The van der Waals surface area contributed by atoms with Crippen molar-refractivity contribution in [3.05, 3.63) is 42.2 Å². The molecule has 3 rings (SSSR count). The van der Waals surface area contributed by atoms with Gasteiger partial charge in [0.25, 0.3) is 0 Å². The number of rotatable bonds is 3. The summed E-state index contributed by atoms with van der Waals surface area (Å²) >= 11 is 0. The smallest absolute Gasteiger partial charge is 0.0512 e. The minimum atomic E-state index is 0.226. The van der Waals surface area contributed by atoms with Crippen LogP contribution in [-0.4, -0.2) is 4.98 Å². The molecule has 1 saturated carbocycles. The number of nitrogens with two attached hydrogens (primary N) is 1. The summed E-state index contributed by atoms with van der Waals surface area (Å²) in [5.74, 6) is 7.13. The van der Waals surface area contributed by atoms with Crippen molar-refractivity contribution in [2.24, 2.45) is 17.7 Å². The van der Waals surface area contributed by atoms with Gasteiger partial charge < -0.3 is 0 Å². The molecular formula is C14H17N3. The number of hydrazine groups is 1. The van der Waals surface area contributed by atoms with Crippen LogP contribution in [0, 0.1) is 11.8 Å². The molecule has 0 bridgehead atoms. The summed E-state index contributed by atoms with van der Waals surface area (Å²) < 4.78 is 0. The molecule has 88 valence electrons. The Morgan fingerprint density at radius 3 is 2.82 bits per heavy atom. The minimum Gasteiger partial charge on any atom is -0.271 e. The number of aromatic nitrogens is 1. The number of fused-ring (bicyclic) bond motifs is 1. The maximum atomic E-state index is 5.72. The first-order valence-corrected chi connectivity index (χ1v) is 6.10. The average molecular weight is 227 g/mol. The summed E-state index contributed by atoms with van der Waals surface area (Å²) in [5.41, 5.74) is 4.19. The number of benzene rings is 1. The number of nitrogens with zero attached hydrogens (tertiary/aromatic N) is 1. The molecule has 2 aromatic rings. The lowest BCUT2D eigenvalue weighted by Crippen LogP contribution is -2.30. The maximum absolute atomic E-state index is 5.72. The zero-order valence-electron chi connectivity index (χ0n) is 9.93. The van der Waals surface area contributed by atoms with Crippen molar-refractivity contribution in [1.82, 2.24) is 10.4 Å². The monoisotopic (exact) mass is 227 g/mol. The van der Waals surface area contributed by atoms with E-state index in [1.165, 1.54) is 22.8 Å². The van der Waals surface area contributed by atoms with Crippen molar-refractivity contribution in [2.45, 2.75) is 19.4 Å². The van der Waals surface area contributed by atoms with Crippen LogP contribution < -0.4 is 11.3 Å². The van der Waals surface area contributed by atoms with Crippen LogP contribution in [0.2, 0.25) is 0 Å². The maximum Gasteiger partial charge on any atom is 0.0512 e. The average Bonchev–Trinajstić information content (AvgIpc) is 3.08. The van der Waals surface area contributed by atoms with E-state index in [1.54, 1.807) is 0 Å². The fourth-order valence-corrected chi connectivity index (χ4v) is 2.65. The fourth-order valence-electron chi connectivity index (χ4n) is 2.65. The van der Waals surface area contributed by atoms with Crippen molar-refractivity contribution in [3.8, 4) is 0 Å². The molecule has 0 spiro atoms. The highest BCUT2D eigenvalue weighted by molar-refractivity contribution is 5.85. The third-order valence-electron chi connectivity index (χ3n) is 3.81. The Hall–Kier alpha value is -1.45. The van der Waals surface area contributed by atoms with Crippen LogP contribution in [0.1, 0.15) is 24.9 Å². The molecule has 1 aliphatic carbocycles. The van der Waals surface area contributed by atoms with E-state index in [0.717, 1.165) is 5.92 Å². The van der Waals surface area contributed by atoms with Crippen molar-refractivity contribution in [2.75, 3.05) is 0 Å². The van der Waals surface area contributed by atoms with Crippen LogP contribution >= 0.6 is 0 Å². The van der Waals surface area contributed by atoms with E-state index in [0.29, 0.717) is 5.92 Å². The van der Waals surface area contributed by atoms with Crippen LogP contribution in [0.4, 0.5) is 0 Å². The molecule has 3 heteroatoms. The molecule has 3 N–H and O–H groups in total. The Balaban J connectivity index is 2.09. The van der Waals surface area contributed by atoms with Gasteiger partial charge in [-0.2, -0.15) is 0 Å². The molecule has 0 saturated heterocycles. The Morgan fingerprint density at radius 1 is 1.35 bits per heavy atom. The predicted octanol–water partition coefficient (Wildman–Crippen LogP) is 2.40. The molecular weight excluding hydrogens is 210 g/mol. The van der Waals surface area contributed by atoms with Gasteiger partial charge in [0, 0.05) is 17.8 Å². The van der Waals surface area contributed by atoms with Crippen molar-refractivity contribution in [1.29, 1.82) is 0 Å². The lowest BCUT2D eigenvalue weighted by Gasteiger charge is -2.17. The molecule has 0 aliphatic heterocycles. The number of nitrogens with one attached hydrogen (secondary N) is 1. The Morgan fingerprint density at radius 2 is 2.12 bits per heavy atom. The highest BCUT2D eigenvalue weighted by atomic mass is 15.2. The normalized spacial score (nSPS) is 24.8. The molecule has 0 radical (unpaired) electrons. The topological polar surface area (TPSA) is 50.9 Å². The molecule has 3 unspecified atom stereocenters. The summed E-state index contributed by atoms with van der Waals surface area (Å²) in [6.07, 6.45) is 5.10. The van der Waals surface area contributed by atoms with E-state index < -0.39 is 0 Å². The van der Waals surface area contributed by atoms with Gasteiger partial charge in [-0.25, -0.2) is 0 Å². The predicted molar refractivity (Wildman–Crippen MR) is 69.1 cm³/mol. The number of pyridine rings is 1. The zero-order chi connectivity index (χ0) is 11.8. The lowest BCUT2D eigenvalue weighted by atomic mass is 9.98.